The van der Waals surface area contributed by atoms with Crippen LogP contribution in [0.1, 0.15) is 53.4 Å². The van der Waals surface area contributed by atoms with Crippen LogP contribution < -0.4 is 14.8 Å². The van der Waals surface area contributed by atoms with E-state index >= 15 is 0 Å². The summed E-state index contributed by atoms with van der Waals surface area (Å²) in [6.45, 7) is 8.13. The minimum atomic E-state index is -0.345. The number of benzene rings is 2. The molecular formula is C21H25NO3. The molecule has 0 saturated carbocycles. The van der Waals surface area contributed by atoms with Crippen molar-refractivity contribution < 1.29 is 14.3 Å². The lowest BCUT2D eigenvalue weighted by Crippen LogP contribution is -2.41. The molecule has 0 saturated heterocycles. The summed E-state index contributed by atoms with van der Waals surface area (Å²) in [6.07, 6.45) is 0.698. The first kappa shape index (κ1) is 17.3. The first-order valence-electron chi connectivity index (χ1n) is 8.54. The number of amides is 1. The van der Waals surface area contributed by atoms with Crippen molar-refractivity contribution in [3.8, 4) is 11.5 Å². The van der Waals surface area contributed by atoms with Crippen LogP contribution in [0.2, 0.25) is 0 Å². The summed E-state index contributed by atoms with van der Waals surface area (Å²) in [6, 6.07) is 11.4. The third kappa shape index (κ3) is 3.63. The van der Waals surface area contributed by atoms with E-state index in [1.165, 1.54) is 5.56 Å². The molecule has 3 rings (SSSR count). The topological polar surface area (TPSA) is 47.6 Å². The summed E-state index contributed by atoms with van der Waals surface area (Å²) >= 11 is 0. The Kier molecular flexibility index (Phi) is 4.46. The van der Waals surface area contributed by atoms with Crippen molar-refractivity contribution >= 4 is 5.91 Å². The molecule has 4 heteroatoms. The monoisotopic (exact) mass is 339 g/mol. The zero-order chi connectivity index (χ0) is 18.2. The lowest BCUT2D eigenvalue weighted by atomic mass is 9.89. The highest BCUT2D eigenvalue weighted by Gasteiger charge is 2.35. The Balaban J connectivity index is 1.91. The van der Waals surface area contributed by atoms with Gasteiger partial charge in [-0.05, 0) is 69.2 Å². The van der Waals surface area contributed by atoms with E-state index < -0.39 is 0 Å². The normalized spacial score (nSPS) is 18.0. The van der Waals surface area contributed by atoms with Crippen molar-refractivity contribution in [2.45, 2.75) is 45.8 Å². The lowest BCUT2D eigenvalue weighted by molar-refractivity contribution is 0.0618. The number of hydrogen-bond donors (Lipinski definition) is 1. The quantitative estimate of drug-likeness (QED) is 0.904. The van der Waals surface area contributed by atoms with E-state index in [0.717, 1.165) is 22.6 Å². The van der Waals surface area contributed by atoms with Gasteiger partial charge < -0.3 is 14.8 Å². The Hall–Kier alpha value is -2.49. The van der Waals surface area contributed by atoms with Gasteiger partial charge >= 0.3 is 0 Å². The fraction of sp³-hybridized carbons (Fsp3) is 0.381. The average molecular weight is 339 g/mol. The highest BCUT2D eigenvalue weighted by molar-refractivity contribution is 5.94. The smallest absolute Gasteiger partial charge is 0.251 e. The van der Waals surface area contributed by atoms with E-state index in [0.29, 0.717) is 12.0 Å². The van der Waals surface area contributed by atoms with Crippen molar-refractivity contribution in [1.29, 1.82) is 0 Å². The van der Waals surface area contributed by atoms with E-state index in [1.807, 2.05) is 64.1 Å². The highest BCUT2D eigenvalue weighted by atomic mass is 16.5. The number of rotatable bonds is 3. The van der Waals surface area contributed by atoms with E-state index in [-0.39, 0.29) is 17.6 Å². The minimum Gasteiger partial charge on any atom is -0.497 e. The van der Waals surface area contributed by atoms with Gasteiger partial charge in [0.1, 0.15) is 17.1 Å². The van der Waals surface area contributed by atoms with Crippen molar-refractivity contribution in [3.05, 3.63) is 58.7 Å². The van der Waals surface area contributed by atoms with Gasteiger partial charge in [0.25, 0.3) is 5.91 Å². The summed E-state index contributed by atoms with van der Waals surface area (Å²) in [5.41, 5.74) is 3.58. The Labute approximate surface area is 149 Å². The third-order valence-electron chi connectivity index (χ3n) is 4.75. The molecule has 0 aliphatic carbocycles. The second-order valence-corrected chi connectivity index (χ2v) is 7.29. The molecule has 25 heavy (non-hydrogen) atoms. The summed E-state index contributed by atoms with van der Waals surface area (Å²) in [5.74, 6) is 1.48. The van der Waals surface area contributed by atoms with Crippen molar-refractivity contribution in [1.82, 2.24) is 5.32 Å². The molecule has 1 aliphatic rings. The van der Waals surface area contributed by atoms with Crippen LogP contribution >= 0.6 is 0 Å². The average Bonchev–Trinajstić information content (AvgIpc) is 2.56. The van der Waals surface area contributed by atoms with Gasteiger partial charge in [-0.3, -0.25) is 4.79 Å². The Morgan fingerprint density at radius 1 is 1.16 bits per heavy atom. The number of aryl methyl sites for hydroxylation is 2. The van der Waals surface area contributed by atoms with Crippen molar-refractivity contribution in [2.24, 2.45) is 0 Å². The number of hydrogen-bond acceptors (Lipinski definition) is 3. The molecule has 0 fully saturated rings. The predicted octanol–water partition coefficient (Wildman–Crippen LogP) is 4.34. The largest absolute Gasteiger partial charge is 0.497 e. The first-order valence-corrected chi connectivity index (χ1v) is 8.54. The van der Waals surface area contributed by atoms with Crippen LogP contribution in [0.15, 0.2) is 36.4 Å². The third-order valence-corrected chi connectivity index (χ3v) is 4.75. The van der Waals surface area contributed by atoms with Gasteiger partial charge in [-0.2, -0.15) is 0 Å². The van der Waals surface area contributed by atoms with E-state index in [2.05, 4.69) is 5.32 Å². The molecular weight excluding hydrogens is 314 g/mol. The zero-order valence-electron chi connectivity index (χ0n) is 15.5. The summed E-state index contributed by atoms with van der Waals surface area (Å²) in [5, 5.41) is 3.17. The lowest BCUT2D eigenvalue weighted by Gasteiger charge is -2.38. The van der Waals surface area contributed by atoms with Gasteiger partial charge in [0, 0.05) is 17.5 Å². The van der Waals surface area contributed by atoms with Crippen LogP contribution in [0.4, 0.5) is 0 Å². The van der Waals surface area contributed by atoms with Crippen molar-refractivity contribution in [2.75, 3.05) is 7.11 Å². The van der Waals surface area contributed by atoms with Crippen LogP contribution in [0.3, 0.4) is 0 Å². The van der Waals surface area contributed by atoms with Gasteiger partial charge in [-0.15, -0.1) is 0 Å². The molecule has 0 radical (unpaired) electrons. The maximum Gasteiger partial charge on any atom is 0.251 e. The van der Waals surface area contributed by atoms with Crippen LogP contribution in [0.25, 0.3) is 0 Å². The maximum atomic E-state index is 12.8. The fourth-order valence-electron chi connectivity index (χ4n) is 3.21. The molecule has 0 spiro atoms. The SMILES string of the molecule is COc1ccc2c(c1)[C@@H](NC(=O)c1ccc(C)c(C)c1)CC(C)(C)O2. The van der Waals surface area contributed by atoms with E-state index in [4.69, 9.17) is 9.47 Å². The van der Waals surface area contributed by atoms with Crippen molar-refractivity contribution in [3.63, 3.8) is 0 Å². The molecule has 2 aromatic rings. The predicted molar refractivity (Wildman–Crippen MR) is 98.4 cm³/mol. The molecule has 0 unspecified atom stereocenters. The Bertz CT molecular complexity index is 811. The molecule has 1 amide bonds. The number of fused-ring (bicyclic) bond motifs is 1. The second kappa shape index (κ2) is 6.43. The number of carbonyl (C=O) groups is 1. The van der Waals surface area contributed by atoms with Gasteiger partial charge in [0.05, 0.1) is 13.2 Å². The minimum absolute atomic E-state index is 0.0698. The summed E-state index contributed by atoms with van der Waals surface area (Å²) in [7, 11) is 1.64. The Morgan fingerprint density at radius 3 is 2.60 bits per heavy atom. The van der Waals surface area contributed by atoms with E-state index in [9.17, 15) is 4.79 Å². The number of ether oxygens (including phenoxy) is 2. The summed E-state index contributed by atoms with van der Waals surface area (Å²) < 4.78 is 11.4. The molecule has 132 valence electrons. The van der Waals surface area contributed by atoms with Crippen LogP contribution in [-0.2, 0) is 0 Å². The van der Waals surface area contributed by atoms with Gasteiger partial charge in [-0.1, -0.05) is 6.07 Å². The number of carbonyl (C=O) groups excluding carboxylic acids is 1. The van der Waals surface area contributed by atoms with Gasteiger partial charge in [0.15, 0.2) is 0 Å². The standard InChI is InChI=1S/C21H25NO3/c1-13-6-7-15(10-14(13)2)20(23)22-18-12-21(3,4)25-19-9-8-16(24-5)11-17(18)19/h6-11,18H,12H2,1-5H3,(H,22,23)/t18-/m0/s1. The molecule has 0 aromatic heterocycles. The Morgan fingerprint density at radius 2 is 1.92 bits per heavy atom. The van der Waals surface area contributed by atoms with Crippen LogP contribution in [0, 0.1) is 13.8 Å². The fourth-order valence-corrected chi connectivity index (χ4v) is 3.21. The molecule has 4 nitrogen and oxygen atoms in total. The molecule has 2 aromatic carbocycles. The summed E-state index contributed by atoms with van der Waals surface area (Å²) in [4.78, 5) is 12.8. The van der Waals surface area contributed by atoms with Crippen LogP contribution in [0.5, 0.6) is 11.5 Å². The molecule has 0 bridgehead atoms. The van der Waals surface area contributed by atoms with E-state index in [1.54, 1.807) is 7.11 Å². The van der Waals surface area contributed by atoms with Crippen LogP contribution in [-0.4, -0.2) is 18.6 Å². The van der Waals surface area contributed by atoms with Gasteiger partial charge in [0.2, 0.25) is 0 Å². The maximum absolute atomic E-state index is 12.8. The zero-order valence-corrected chi connectivity index (χ0v) is 15.5. The highest BCUT2D eigenvalue weighted by Crippen LogP contribution is 2.41. The number of methoxy groups -OCH3 is 1. The molecule has 1 heterocycles. The molecule has 1 aliphatic heterocycles. The second-order valence-electron chi connectivity index (χ2n) is 7.29. The first-order chi connectivity index (χ1) is 11.8. The molecule has 1 atom stereocenters. The molecule has 1 N–H and O–H groups in total. The number of nitrogens with one attached hydrogen (secondary N) is 1. The van der Waals surface area contributed by atoms with Gasteiger partial charge in [-0.25, -0.2) is 0 Å².